The molecule has 1 saturated carbocycles. The average molecular weight is 433 g/mol. The maximum Gasteiger partial charge on any atom is 0.233 e. The van der Waals surface area contributed by atoms with Gasteiger partial charge < -0.3 is 10.1 Å². The Morgan fingerprint density at radius 3 is 2.27 bits per heavy atom. The summed E-state index contributed by atoms with van der Waals surface area (Å²) in [5, 5.41) is 3.73. The van der Waals surface area contributed by atoms with E-state index in [0.29, 0.717) is 24.8 Å². The maximum absolute atomic E-state index is 12.6. The standard InChI is InChI=1S/C23H29ClN2O4/c24-17-7-5-16(6-8-17)23(10-13-30-14-11-23)15-25-20(27)9-12-26-21(28)18-3-1-2-4-19(18)22(26)29/h5-8,18-19H,1-4,9-15H2,(H,25,27). The fourth-order valence-corrected chi connectivity index (χ4v) is 5.28. The van der Waals surface area contributed by atoms with E-state index in [1.807, 2.05) is 24.3 Å². The van der Waals surface area contributed by atoms with Crippen molar-refractivity contribution in [3.8, 4) is 0 Å². The van der Waals surface area contributed by atoms with Crippen LogP contribution in [0.5, 0.6) is 0 Å². The first-order valence-corrected chi connectivity index (χ1v) is 11.3. The lowest BCUT2D eigenvalue weighted by Crippen LogP contribution is -2.45. The predicted molar refractivity (Wildman–Crippen MR) is 113 cm³/mol. The molecule has 3 aliphatic rings. The molecule has 6 nitrogen and oxygen atoms in total. The Labute approximate surface area is 182 Å². The lowest BCUT2D eigenvalue weighted by molar-refractivity contribution is -0.140. The molecule has 2 unspecified atom stereocenters. The third kappa shape index (κ3) is 4.26. The minimum atomic E-state index is -0.188. The summed E-state index contributed by atoms with van der Waals surface area (Å²) in [6.45, 7) is 1.98. The van der Waals surface area contributed by atoms with Crippen molar-refractivity contribution in [2.75, 3.05) is 26.3 Å². The summed E-state index contributed by atoms with van der Waals surface area (Å²) in [6.07, 6.45) is 5.39. The van der Waals surface area contributed by atoms with E-state index in [-0.39, 0.29) is 47.9 Å². The maximum atomic E-state index is 12.6. The summed E-state index contributed by atoms with van der Waals surface area (Å²) < 4.78 is 5.54. The van der Waals surface area contributed by atoms with E-state index in [2.05, 4.69) is 5.32 Å². The van der Waals surface area contributed by atoms with Gasteiger partial charge in [0.25, 0.3) is 0 Å². The first kappa shape index (κ1) is 21.3. The minimum absolute atomic E-state index is 0.0837. The Balaban J connectivity index is 1.34. The summed E-state index contributed by atoms with van der Waals surface area (Å²) in [5.41, 5.74) is 0.955. The lowest BCUT2D eigenvalue weighted by atomic mass is 9.74. The van der Waals surface area contributed by atoms with Gasteiger partial charge in [-0.3, -0.25) is 19.3 Å². The molecule has 4 rings (SSSR count). The van der Waals surface area contributed by atoms with E-state index in [1.54, 1.807) is 0 Å². The van der Waals surface area contributed by atoms with Crippen molar-refractivity contribution in [2.24, 2.45) is 11.8 Å². The lowest BCUT2D eigenvalue weighted by Gasteiger charge is -2.38. The van der Waals surface area contributed by atoms with Crippen LogP contribution >= 0.6 is 11.6 Å². The third-order valence-corrected chi connectivity index (χ3v) is 7.28. The Hall–Kier alpha value is -1.92. The highest BCUT2D eigenvalue weighted by Crippen LogP contribution is 2.38. The number of hydrogen-bond donors (Lipinski definition) is 1. The number of hydrogen-bond acceptors (Lipinski definition) is 4. The van der Waals surface area contributed by atoms with Crippen molar-refractivity contribution in [2.45, 2.75) is 50.4 Å². The third-order valence-electron chi connectivity index (χ3n) is 7.03. The second kappa shape index (κ2) is 9.06. The Morgan fingerprint density at radius 2 is 1.67 bits per heavy atom. The summed E-state index contributed by atoms with van der Waals surface area (Å²) in [5.74, 6) is -0.626. The van der Waals surface area contributed by atoms with Gasteiger partial charge in [0.05, 0.1) is 11.8 Å². The molecule has 162 valence electrons. The highest BCUT2D eigenvalue weighted by Gasteiger charge is 2.47. The van der Waals surface area contributed by atoms with Gasteiger partial charge >= 0.3 is 0 Å². The molecule has 2 heterocycles. The van der Waals surface area contributed by atoms with Gasteiger partial charge in [-0.15, -0.1) is 0 Å². The van der Waals surface area contributed by atoms with Crippen LogP contribution in [0.25, 0.3) is 0 Å². The van der Waals surface area contributed by atoms with Crippen molar-refractivity contribution < 1.29 is 19.1 Å². The predicted octanol–water partition coefficient (Wildman–Crippen LogP) is 3.07. The van der Waals surface area contributed by atoms with Crippen molar-refractivity contribution in [3.05, 3.63) is 34.9 Å². The zero-order chi connectivity index (χ0) is 21.1. The first-order chi connectivity index (χ1) is 14.5. The number of carbonyl (C=O) groups excluding carboxylic acids is 3. The largest absolute Gasteiger partial charge is 0.381 e. The fourth-order valence-electron chi connectivity index (χ4n) is 5.15. The highest BCUT2D eigenvalue weighted by atomic mass is 35.5. The topological polar surface area (TPSA) is 75.7 Å². The molecular weight excluding hydrogens is 404 g/mol. The van der Waals surface area contributed by atoms with Crippen LogP contribution in [0.4, 0.5) is 0 Å². The quantitative estimate of drug-likeness (QED) is 0.701. The Morgan fingerprint density at radius 1 is 1.07 bits per heavy atom. The molecule has 3 amide bonds. The first-order valence-electron chi connectivity index (χ1n) is 11.0. The van der Waals surface area contributed by atoms with Gasteiger partial charge in [0, 0.05) is 43.2 Å². The number of carbonyl (C=O) groups is 3. The smallest absolute Gasteiger partial charge is 0.233 e. The SMILES string of the molecule is O=C(CCN1C(=O)C2CCCCC2C1=O)NCC1(c2ccc(Cl)cc2)CCOCC1. The minimum Gasteiger partial charge on any atom is -0.381 e. The molecule has 1 aromatic rings. The Bertz CT molecular complexity index is 780. The number of fused-ring (bicyclic) bond motifs is 1. The molecule has 1 aliphatic carbocycles. The van der Waals surface area contributed by atoms with E-state index in [1.165, 1.54) is 4.90 Å². The van der Waals surface area contributed by atoms with Crippen LogP contribution in [0, 0.1) is 11.8 Å². The van der Waals surface area contributed by atoms with Gasteiger partial charge in [-0.1, -0.05) is 36.6 Å². The zero-order valence-corrected chi connectivity index (χ0v) is 18.0. The molecule has 0 bridgehead atoms. The molecule has 7 heteroatoms. The molecule has 2 atom stereocenters. The van der Waals surface area contributed by atoms with Gasteiger partial charge in [-0.25, -0.2) is 0 Å². The second-order valence-electron chi connectivity index (χ2n) is 8.75. The summed E-state index contributed by atoms with van der Waals surface area (Å²) >= 11 is 6.04. The average Bonchev–Trinajstić information content (AvgIpc) is 3.02. The number of rotatable bonds is 6. The van der Waals surface area contributed by atoms with Crippen molar-refractivity contribution in [3.63, 3.8) is 0 Å². The van der Waals surface area contributed by atoms with Crippen LogP contribution in [0.3, 0.4) is 0 Å². The van der Waals surface area contributed by atoms with Crippen LogP contribution in [-0.4, -0.2) is 48.9 Å². The van der Waals surface area contributed by atoms with Crippen LogP contribution in [0.2, 0.25) is 5.02 Å². The van der Waals surface area contributed by atoms with E-state index in [4.69, 9.17) is 16.3 Å². The summed E-state index contributed by atoms with van der Waals surface area (Å²) in [6, 6.07) is 7.78. The van der Waals surface area contributed by atoms with Gasteiger partial charge in [0.15, 0.2) is 0 Å². The normalized spacial score (nSPS) is 25.8. The van der Waals surface area contributed by atoms with Gasteiger partial charge in [-0.05, 0) is 43.4 Å². The molecule has 0 aromatic heterocycles. The van der Waals surface area contributed by atoms with E-state index in [9.17, 15) is 14.4 Å². The van der Waals surface area contributed by atoms with Crippen LogP contribution in [-0.2, 0) is 24.5 Å². The molecule has 30 heavy (non-hydrogen) atoms. The van der Waals surface area contributed by atoms with E-state index in [0.717, 1.165) is 44.1 Å². The van der Waals surface area contributed by atoms with Crippen LogP contribution in [0.15, 0.2) is 24.3 Å². The number of imide groups is 1. The molecule has 1 aromatic carbocycles. The zero-order valence-electron chi connectivity index (χ0n) is 17.2. The van der Waals surface area contributed by atoms with E-state index >= 15 is 0 Å². The van der Waals surface area contributed by atoms with Crippen LogP contribution in [0.1, 0.15) is 50.5 Å². The number of likely N-dealkylation sites (tertiary alicyclic amines) is 1. The summed E-state index contributed by atoms with van der Waals surface area (Å²) in [4.78, 5) is 39.1. The number of halogens is 1. The molecular formula is C23H29ClN2O4. The van der Waals surface area contributed by atoms with Gasteiger partial charge in [0.2, 0.25) is 17.7 Å². The van der Waals surface area contributed by atoms with Crippen molar-refractivity contribution in [1.82, 2.24) is 10.2 Å². The number of ether oxygens (including phenoxy) is 1. The second-order valence-corrected chi connectivity index (χ2v) is 9.19. The monoisotopic (exact) mass is 432 g/mol. The molecule has 2 aliphatic heterocycles. The fraction of sp³-hybridized carbons (Fsp3) is 0.609. The molecule has 3 fully saturated rings. The number of amides is 3. The number of benzene rings is 1. The van der Waals surface area contributed by atoms with Crippen molar-refractivity contribution >= 4 is 29.3 Å². The molecule has 0 radical (unpaired) electrons. The van der Waals surface area contributed by atoms with Gasteiger partial charge in [0.1, 0.15) is 0 Å². The highest BCUT2D eigenvalue weighted by molar-refractivity contribution is 6.30. The van der Waals surface area contributed by atoms with E-state index < -0.39 is 0 Å². The Kier molecular flexibility index (Phi) is 6.44. The molecule has 1 N–H and O–H groups in total. The number of nitrogens with zero attached hydrogens (tertiary/aromatic N) is 1. The molecule has 0 spiro atoms. The van der Waals surface area contributed by atoms with Gasteiger partial charge in [-0.2, -0.15) is 0 Å². The van der Waals surface area contributed by atoms with Crippen molar-refractivity contribution in [1.29, 1.82) is 0 Å². The number of nitrogens with one attached hydrogen (secondary N) is 1. The van der Waals surface area contributed by atoms with Crippen LogP contribution < -0.4 is 5.32 Å². The molecule has 2 saturated heterocycles. The summed E-state index contributed by atoms with van der Waals surface area (Å²) in [7, 11) is 0.